The number of rotatable bonds is 6. The molecule has 1 N–H and O–H groups in total. The van der Waals surface area contributed by atoms with Crippen LogP contribution < -0.4 is 0 Å². The van der Waals surface area contributed by atoms with Crippen molar-refractivity contribution in [1.82, 2.24) is 4.90 Å². The van der Waals surface area contributed by atoms with Gasteiger partial charge in [-0.3, -0.25) is 9.08 Å². The summed E-state index contributed by atoms with van der Waals surface area (Å²) in [5, 5.41) is 9.05. The molecule has 0 spiro atoms. The van der Waals surface area contributed by atoms with Gasteiger partial charge >= 0.3 is 10.4 Å². The van der Waals surface area contributed by atoms with Gasteiger partial charge < -0.3 is 5.11 Å². The van der Waals surface area contributed by atoms with Crippen LogP contribution in [0.15, 0.2) is 0 Å². The summed E-state index contributed by atoms with van der Waals surface area (Å²) < 4.78 is 30.5. The average Bonchev–Trinajstić information content (AvgIpc) is 2.02. The molecule has 2 atom stereocenters. The van der Waals surface area contributed by atoms with E-state index in [0.29, 0.717) is 6.54 Å². The predicted octanol–water partition coefficient (Wildman–Crippen LogP) is -0.447. The second-order valence-electron chi connectivity index (χ2n) is 3.06. The minimum absolute atomic E-state index is 0.320. The van der Waals surface area contributed by atoms with Gasteiger partial charge in [0.1, 0.15) is 6.23 Å². The molecule has 0 radical (unpaired) electrons. The molecule has 0 aromatic carbocycles. The second-order valence-corrected chi connectivity index (χ2v) is 4.40. The van der Waals surface area contributed by atoms with E-state index < -0.39 is 22.7 Å². The van der Waals surface area contributed by atoms with E-state index in [9.17, 15) is 8.42 Å². The van der Waals surface area contributed by atoms with Crippen LogP contribution in [0.5, 0.6) is 0 Å². The molecule has 0 aromatic heterocycles. The quantitative estimate of drug-likeness (QED) is 0.620. The van der Waals surface area contributed by atoms with Gasteiger partial charge in [-0.2, -0.15) is 8.42 Å². The molecule has 6 nitrogen and oxygen atoms in total. The molecule has 0 aliphatic carbocycles. The van der Waals surface area contributed by atoms with Crippen molar-refractivity contribution in [3.8, 4) is 0 Å². The molecule has 0 aromatic rings. The third-order valence-electron chi connectivity index (χ3n) is 1.63. The number of hydrogen-bond acceptors (Lipinski definition) is 6. The van der Waals surface area contributed by atoms with Crippen LogP contribution in [0.1, 0.15) is 13.8 Å². The van der Waals surface area contributed by atoms with Crippen LogP contribution in [0.2, 0.25) is 0 Å². The van der Waals surface area contributed by atoms with Crippen LogP contribution in [0, 0.1) is 0 Å². The van der Waals surface area contributed by atoms with E-state index in [1.165, 1.54) is 0 Å². The highest BCUT2D eigenvalue weighted by Crippen LogP contribution is 2.04. The van der Waals surface area contributed by atoms with Gasteiger partial charge in [0.15, 0.2) is 0 Å². The molecule has 0 saturated heterocycles. The zero-order valence-electron chi connectivity index (χ0n) is 8.80. The fraction of sp³-hybridized carbons (Fsp3) is 1.00. The van der Waals surface area contributed by atoms with Crippen molar-refractivity contribution in [2.75, 3.05) is 20.7 Å². The molecule has 86 valence electrons. The first-order valence-electron chi connectivity index (χ1n) is 4.15. The Kier molecular flexibility index (Phi) is 5.53. The molecule has 0 saturated carbocycles. The summed E-state index contributed by atoms with van der Waals surface area (Å²) >= 11 is 0. The summed E-state index contributed by atoms with van der Waals surface area (Å²) in [7, 11) is -1.26. The normalized spacial score (nSPS) is 17.0. The molecular weight excluding hydrogens is 210 g/mol. The standard InChI is InChI=1S/C7H17NO5S/c1-6(9)5-8(3)7(2)13-14(10,11)12-4/h6-7,9H,5H2,1-4H3. The first-order valence-corrected chi connectivity index (χ1v) is 5.49. The summed E-state index contributed by atoms with van der Waals surface area (Å²) in [5.74, 6) is 0. The Bertz CT molecular complexity index is 251. The molecule has 0 bridgehead atoms. The maximum Gasteiger partial charge on any atom is 0.401 e. The maximum absolute atomic E-state index is 10.9. The van der Waals surface area contributed by atoms with Crippen LogP contribution in [0.3, 0.4) is 0 Å². The lowest BCUT2D eigenvalue weighted by Crippen LogP contribution is -2.37. The Morgan fingerprint density at radius 1 is 1.43 bits per heavy atom. The zero-order valence-corrected chi connectivity index (χ0v) is 9.61. The van der Waals surface area contributed by atoms with Crippen molar-refractivity contribution in [1.29, 1.82) is 0 Å². The van der Waals surface area contributed by atoms with Crippen molar-refractivity contribution >= 4 is 10.4 Å². The molecule has 2 unspecified atom stereocenters. The molecule has 0 aliphatic rings. The summed E-state index contributed by atoms with van der Waals surface area (Å²) in [6, 6.07) is 0. The number of hydrogen-bond donors (Lipinski definition) is 1. The number of likely N-dealkylation sites (N-methyl/N-ethyl adjacent to an activating group) is 1. The zero-order chi connectivity index (χ0) is 11.4. The molecule has 0 rings (SSSR count). The molecule has 14 heavy (non-hydrogen) atoms. The average molecular weight is 227 g/mol. The largest absolute Gasteiger partial charge is 0.401 e. The van der Waals surface area contributed by atoms with Crippen molar-refractivity contribution in [3.63, 3.8) is 0 Å². The van der Waals surface area contributed by atoms with Crippen LogP contribution in [-0.2, 0) is 18.8 Å². The molecule has 0 amide bonds. The van der Waals surface area contributed by atoms with Gasteiger partial charge in [0.05, 0.1) is 13.2 Å². The SMILES string of the molecule is COS(=O)(=O)OC(C)N(C)CC(C)O. The van der Waals surface area contributed by atoms with E-state index >= 15 is 0 Å². The van der Waals surface area contributed by atoms with E-state index in [4.69, 9.17) is 5.11 Å². The summed E-state index contributed by atoms with van der Waals surface area (Å²) in [6.45, 7) is 3.48. The number of aliphatic hydroxyl groups is 1. The van der Waals surface area contributed by atoms with Gasteiger partial charge in [-0.25, -0.2) is 4.18 Å². The Hall–Kier alpha value is -0.210. The maximum atomic E-state index is 10.9. The highest BCUT2D eigenvalue weighted by atomic mass is 32.3. The van der Waals surface area contributed by atoms with Crippen LogP contribution in [0.25, 0.3) is 0 Å². The van der Waals surface area contributed by atoms with E-state index in [1.54, 1.807) is 25.8 Å². The van der Waals surface area contributed by atoms with Gasteiger partial charge in [0.2, 0.25) is 0 Å². The van der Waals surface area contributed by atoms with Crippen LogP contribution >= 0.6 is 0 Å². The van der Waals surface area contributed by atoms with Crippen LogP contribution in [0.4, 0.5) is 0 Å². The minimum atomic E-state index is -3.92. The highest BCUT2D eigenvalue weighted by Gasteiger charge is 2.19. The first-order chi connectivity index (χ1) is 6.28. The van der Waals surface area contributed by atoms with Gasteiger partial charge in [-0.1, -0.05) is 0 Å². The van der Waals surface area contributed by atoms with Crippen molar-refractivity contribution in [2.24, 2.45) is 0 Å². The summed E-state index contributed by atoms with van der Waals surface area (Å²) in [5.41, 5.74) is 0. The van der Waals surface area contributed by atoms with Crippen molar-refractivity contribution in [2.45, 2.75) is 26.2 Å². The van der Waals surface area contributed by atoms with Gasteiger partial charge in [-0.15, -0.1) is 0 Å². The minimum Gasteiger partial charge on any atom is -0.392 e. The molecule has 0 aliphatic heterocycles. The Morgan fingerprint density at radius 3 is 2.29 bits per heavy atom. The van der Waals surface area contributed by atoms with Crippen molar-refractivity contribution in [3.05, 3.63) is 0 Å². The second kappa shape index (κ2) is 5.62. The Balaban J connectivity index is 4.14. The number of nitrogens with zero attached hydrogens (tertiary/aromatic N) is 1. The van der Waals surface area contributed by atoms with E-state index in [0.717, 1.165) is 7.11 Å². The lowest BCUT2D eigenvalue weighted by atomic mass is 10.4. The first kappa shape index (κ1) is 13.8. The highest BCUT2D eigenvalue weighted by molar-refractivity contribution is 7.81. The van der Waals surface area contributed by atoms with Gasteiger partial charge in [0.25, 0.3) is 0 Å². The molecule has 7 heteroatoms. The smallest absolute Gasteiger partial charge is 0.392 e. The van der Waals surface area contributed by atoms with E-state index in [1.807, 2.05) is 0 Å². The van der Waals surface area contributed by atoms with Gasteiger partial charge in [0, 0.05) is 6.54 Å². The van der Waals surface area contributed by atoms with Crippen LogP contribution in [-0.4, -0.2) is 51.5 Å². The van der Waals surface area contributed by atoms with E-state index in [2.05, 4.69) is 8.37 Å². The Morgan fingerprint density at radius 2 is 1.93 bits per heavy atom. The van der Waals surface area contributed by atoms with E-state index in [-0.39, 0.29) is 0 Å². The Labute approximate surface area is 84.8 Å². The molecule has 0 fully saturated rings. The molecule has 0 heterocycles. The van der Waals surface area contributed by atoms with Gasteiger partial charge in [-0.05, 0) is 20.9 Å². The predicted molar refractivity (Wildman–Crippen MR) is 50.8 cm³/mol. The monoisotopic (exact) mass is 227 g/mol. The lowest BCUT2D eigenvalue weighted by molar-refractivity contribution is 0.0230. The lowest BCUT2D eigenvalue weighted by Gasteiger charge is -2.24. The third-order valence-corrected chi connectivity index (χ3v) is 2.56. The van der Waals surface area contributed by atoms with Crippen molar-refractivity contribution < 1.29 is 21.9 Å². The summed E-state index contributed by atoms with van der Waals surface area (Å²) in [4.78, 5) is 1.56. The fourth-order valence-corrected chi connectivity index (χ4v) is 1.42. The summed E-state index contributed by atoms with van der Waals surface area (Å²) in [6.07, 6.45) is -1.22. The number of aliphatic hydroxyl groups excluding tert-OH is 1. The fourth-order valence-electron chi connectivity index (χ4n) is 0.849. The topological polar surface area (TPSA) is 76.1 Å². The molecular formula is C7H17NO5S. The third kappa shape index (κ3) is 5.51.